The van der Waals surface area contributed by atoms with Crippen LogP contribution in [0.2, 0.25) is 0 Å². The monoisotopic (exact) mass is 499 g/mol. The summed E-state index contributed by atoms with van der Waals surface area (Å²) in [5.41, 5.74) is 5.12. The molecule has 1 N–H and O–H groups in total. The number of amides is 4. The molecule has 12 heteroatoms. The third kappa shape index (κ3) is 4.77. The molecule has 4 amide bonds. The second-order valence-corrected chi connectivity index (χ2v) is 9.96. The molecule has 5 rings (SSSR count). The fraction of sp³-hybridized carbons (Fsp3) is 0.360. The molecule has 0 spiro atoms. The first-order chi connectivity index (χ1) is 17.7. The van der Waals surface area contributed by atoms with Crippen molar-refractivity contribution < 1.29 is 28.7 Å². The summed E-state index contributed by atoms with van der Waals surface area (Å²) in [5.74, 6) is -0.664. The van der Waals surface area contributed by atoms with Crippen LogP contribution in [0.1, 0.15) is 45.8 Å². The Kier molecular flexibility index (Phi) is 6.85. The van der Waals surface area contributed by atoms with Gasteiger partial charge in [-0.3, -0.25) is 24.5 Å². The van der Waals surface area contributed by atoms with E-state index in [1.807, 2.05) is 53.9 Å². The lowest BCUT2D eigenvalue weighted by molar-refractivity contribution is -0.143. The molecule has 2 unspecified atom stereocenters. The maximum absolute atomic E-state index is 13.5. The zero-order chi connectivity index (χ0) is 26.3. The number of benzene rings is 2. The Bertz CT molecular complexity index is 1290. The number of carbonyl (C=O) groups excluding carboxylic acids is 4. The van der Waals surface area contributed by atoms with E-state index in [0.29, 0.717) is 44.0 Å². The lowest BCUT2D eigenvalue weighted by atomic mass is 9.77. The smallest absolute Gasteiger partial charge is 0.254 e. The van der Waals surface area contributed by atoms with Gasteiger partial charge in [-0.2, -0.15) is 0 Å². The van der Waals surface area contributed by atoms with E-state index in [1.54, 1.807) is 9.80 Å². The van der Waals surface area contributed by atoms with Crippen LogP contribution in [-0.2, 0) is 32.3 Å². The summed E-state index contributed by atoms with van der Waals surface area (Å²) in [7, 11) is 5.75. The number of nitrogens with zero attached hydrogens (tertiary/aromatic N) is 2. The molecule has 2 atom stereocenters. The number of hydrogen-bond acceptors (Lipinski definition) is 6. The number of carbonyl (C=O) groups is 4. The topological polar surface area (TPSA) is 105 Å². The van der Waals surface area contributed by atoms with E-state index in [2.05, 4.69) is 5.32 Å². The molecule has 2 aromatic rings. The van der Waals surface area contributed by atoms with Crippen LogP contribution in [-0.4, -0.2) is 82.8 Å². The fourth-order valence-electron chi connectivity index (χ4n) is 5.51. The highest BCUT2D eigenvalue weighted by molar-refractivity contribution is 6.43. The fourth-order valence-corrected chi connectivity index (χ4v) is 5.51. The molecule has 3 aliphatic heterocycles. The maximum Gasteiger partial charge on any atom is 0.254 e. The molecular weight excluding hydrogens is 471 g/mol. The zero-order valence-corrected chi connectivity index (χ0v) is 21.3. The molecule has 9 nitrogen and oxygen atoms in total. The first-order valence-corrected chi connectivity index (χ1v) is 12.6. The summed E-state index contributed by atoms with van der Waals surface area (Å²) in [5, 5.41) is 2.36. The van der Waals surface area contributed by atoms with Gasteiger partial charge >= 0.3 is 0 Å². The predicted molar refractivity (Wildman–Crippen MR) is 143 cm³/mol. The summed E-state index contributed by atoms with van der Waals surface area (Å²) in [6.07, 6.45) is 0.520. The maximum atomic E-state index is 13.5. The van der Waals surface area contributed by atoms with Crippen molar-refractivity contribution in [2.75, 3.05) is 19.8 Å². The van der Waals surface area contributed by atoms with Gasteiger partial charge in [-0.25, -0.2) is 0 Å². The second-order valence-electron chi connectivity index (χ2n) is 9.96. The van der Waals surface area contributed by atoms with Gasteiger partial charge in [0, 0.05) is 36.6 Å². The predicted octanol–water partition coefficient (Wildman–Crippen LogP) is -2.97. The van der Waals surface area contributed by atoms with Crippen LogP contribution >= 0.6 is 0 Å². The second kappa shape index (κ2) is 10.1. The van der Waals surface area contributed by atoms with Gasteiger partial charge in [0.25, 0.3) is 5.91 Å². The molecule has 2 saturated heterocycles. The third-order valence-electron chi connectivity index (χ3n) is 7.39. The Balaban J connectivity index is 1.34. The van der Waals surface area contributed by atoms with Crippen LogP contribution in [0, 0.1) is 0 Å². The Labute approximate surface area is 218 Å². The van der Waals surface area contributed by atoms with Gasteiger partial charge in [-0.1, -0.05) is 35.8 Å². The Morgan fingerprint density at radius 2 is 1.78 bits per heavy atom. The number of nitrogens with one attached hydrogen (secondary N) is 1. The largest absolute Gasteiger partial charge is 0.489 e. The van der Waals surface area contributed by atoms with E-state index in [-0.39, 0.29) is 36.7 Å². The summed E-state index contributed by atoms with van der Waals surface area (Å²) in [6.45, 7) is 2.14. The molecule has 0 aliphatic carbocycles. The van der Waals surface area contributed by atoms with Crippen molar-refractivity contribution in [3.05, 3.63) is 52.6 Å². The van der Waals surface area contributed by atoms with Crippen molar-refractivity contribution >= 4 is 58.1 Å². The van der Waals surface area contributed by atoms with Crippen LogP contribution < -0.4 is 21.0 Å². The number of piperidine rings is 1. The van der Waals surface area contributed by atoms with Crippen molar-refractivity contribution in [2.45, 2.75) is 38.0 Å². The van der Waals surface area contributed by atoms with Crippen LogP contribution in [0.15, 0.2) is 30.3 Å². The van der Waals surface area contributed by atoms with Crippen LogP contribution in [0.3, 0.4) is 0 Å². The highest BCUT2D eigenvalue weighted by Gasteiger charge is 2.45. The highest BCUT2D eigenvalue weighted by atomic mass is 16.5. The van der Waals surface area contributed by atoms with Crippen molar-refractivity contribution in [3.63, 3.8) is 0 Å². The first kappa shape index (κ1) is 25.1. The van der Waals surface area contributed by atoms with Gasteiger partial charge in [0.05, 0.1) is 6.61 Å². The molecule has 0 aromatic heterocycles. The summed E-state index contributed by atoms with van der Waals surface area (Å²) in [6, 6.07) is 9.19. The first-order valence-electron chi connectivity index (χ1n) is 12.6. The van der Waals surface area contributed by atoms with Gasteiger partial charge in [-0.05, 0) is 23.0 Å². The molecule has 37 heavy (non-hydrogen) atoms. The average Bonchev–Trinajstić information content (AvgIpc) is 3.12. The number of ether oxygens (including phenoxy) is 2. The summed E-state index contributed by atoms with van der Waals surface area (Å²) in [4.78, 5) is 53.1. The molecule has 0 bridgehead atoms. The Morgan fingerprint density at radius 3 is 2.49 bits per heavy atom. The molecule has 2 aromatic carbocycles. The molecule has 3 heterocycles. The quantitative estimate of drug-likeness (QED) is 0.337. The number of rotatable bonds is 6. The van der Waals surface area contributed by atoms with Crippen molar-refractivity contribution in [1.82, 2.24) is 15.1 Å². The SMILES string of the molecule is Bc1cc(B)c2c(c1OCc1ccc(CN3CCOCC3=O)cc1)C(B)N(C1CCC(=O)NC1=O)C2=O. The minimum absolute atomic E-state index is 0.00243. The zero-order valence-electron chi connectivity index (χ0n) is 21.3. The molecule has 188 valence electrons. The van der Waals surface area contributed by atoms with E-state index in [1.165, 1.54) is 0 Å². The van der Waals surface area contributed by atoms with Gasteiger partial charge in [0.15, 0.2) is 0 Å². The van der Waals surface area contributed by atoms with Gasteiger partial charge in [0.2, 0.25) is 17.7 Å². The standard InChI is InChI=1S/C25H28B3N3O6/c26-15-9-16(27)22(21-20(15)25(35)31(23(21)28)17-5-6-18(32)29-24(17)34)37-11-14-3-1-13(2-4-14)10-30-7-8-36-12-19(30)33/h1-4,9,17,23H,5-8,10-12,26-28H2,(H,29,32,34). The molecule has 2 fully saturated rings. The number of fused-ring (bicyclic) bond motifs is 1. The summed E-state index contributed by atoms with van der Waals surface area (Å²) >= 11 is 0. The molecule has 0 saturated carbocycles. The normalized spacial score (nSPS) is 21.7. The molecule has 0 radical (unpaired) electrons. The van der Waals surface area contributed by atoms with Crippen LogP contribution in [0.5, 0.6) is 5.75 Å². The van der Waals surface area contributed by atoms with Gasteiger partial charge < -0.3 is 19.3 Å². The van der Waals surface area contributed by atoms with Gasteiger partial charge in [0.1, 0.15) is 48.5 Å². The van der Waals surface area contributed by atoms with E-state index < -0.39 is 11.9 Å². The van der Waals surface area contributed by atoms with E-state index >= 15 is 0 Å². The minimum atomic E-state index is -0.689. The Morgan fingerprint density at radius 1 is 1.05 bits per heavy atom. The van der Waals surface area contributed by atoms with Crippen molar-refractivity contribution in [3.8, 4) is 5.75 Å². The average molecular weight is 499 g/mol. The van der Waals surface area contributed by atoms with E-state index in [9.17, 15) is 19.2 Å². The van der Waals surface area contributed by atoms with E-state index in [0.717, 1.165) is 27.6 Å². The Hall–Kier alpha value is -3.53. The highest BCUT2D eigenvalue weighted by Crippen LogP contribution is 2.38. The summed E-state index contributed by atoms with van der Waals surface area (Å²) < 4.78 is 11.5. The van der Waals surface area contributed by atoms with Crippen LogP contribution in [0.4, 0.5) is 0 Å². The number of hydrogen-bond donors (Lipinski definition) is 1. The van der Waals surface area contributed by atoms with E-state index in [4.69, 9.17) is 9.47 Å². The lowest BCUT2D eigenvalue weighted by Crippen LogP contribution is -2.53. The molecular formula is C25H28B3N3O6. The minimum Gasteiger partial charge on any atom is -0.489 e. The number of morpholine rings is 1. The van der Waals surface area contributed by atoms with Gasteiger partial charge in [-0.15, -0.1) is 0 Å². The third-order valence-corrected chi connectivity index (χ3v) is 7.39. The van der Waals surface area contributed by atoms with Crippen molar-refractivity contribution in [2.24, 2.45) is 0 Å². The number of imide groups is 1. The lowest BCUT2D eigenvalue weighted by Gasteiger charge is -2.33. The molecule has 3 aliphatic rings. The van der Waals surface area contributed by atoms with Crippen molar-refractivity contribution in [1.29, 1.82) is 0 Å². The van der Waals surface area contributed by atoms with Crippen LogP contribution in [0.25, 0.3) is 0 Å².